The van der Waals surface area contributed by atoms with E-state index in [4.69, 9.17) is 4.74 Å². The van der Waals surface area contributed by atoms with Gasteiger partial charge < -0.3 is 9.64 Å². The summed E-state index contributed by atoms with van der Waals surface area (Å²) >= 11 is 0. The third kappa shape index (κ3) is 2.73. The fourth-order valence-corrected chi connectivity index (χ4v) is 3.19. The molecular weight excluding hydrogens is 300 g/mol. The Morgan fingerprint density at radius 1 is 1.09 bits per heavy atom. The third-order valence-corrected chi connectivity index (χ3v) is 4.51. The molecule has 0 bridgehead atoms. The second kappa shape index (κ2) is 5.44. The first-order chi connectivity index (χ1) is 11.1. The van der Waals surface area contributed by atoms with Crippen LogP contribution in [0, 0.1) is 0 Å². The van der Waals surface area contributed by atoms with Gasteiger partial charge in [0.05, 0.1) is 5.69 Å². The van der Waals surface area contributed by atoms with Crippen molar-refractivity contribution in [3.63, 3.8) is 0 Å². The standard InChI is InChI=1S/C17H17F2N3O/c18-17(19)5-7-22(8-6-17)16-13-9-12-3-1-2-4-15(12)23-10-14(13)20-11-21-16/h1-4,11H,5-10H2. The van der Waals surface area contributed by atoms with Crippen LogP contribution in [0.4, 0.5) is 14.6 Å². The molecule has 1 fully saturated rings. The van der Waals surface area contributed by atoms with Gasteiger partial charge in [0.2, 0.25) is 0 Å². The van der Waals surface area contributed by atoms with Gasteiger partial charge in [0.1, 0.15) is 24.5 Å². The second-order valence-corrected chi connectivity index (χ2v) is 6.04. The highest BCUT2D eigenvalue weighted by Crippen LogP contribution is 2.34. The van der Waals surface area contributed by atoms with Crippen LogP contribution in [-0.4, -0.2) is 29.0 Å². The molecule has 2 aromatic rings. The lowest BCUT2D eigenvalue weighted by Gasteiger charge is -2.33. The number of benzene rings is 1. The van der Waals surface area contributed by atoms with Gasteiger partial charge in [-0.1, -0.05) is 18.2 Å². The Hall–Kier alpha value is -2.24. The van der Waals surface area contributed by atoms with Crippen molar-refractivity contribution in [2.75, 3.05) is 18.0 Å². The van der Waals surface area contributed by atoms with Gasteiger partial charge in [0, 0.05) is 37.9 Å². The molecule has 1 aromatic heterocycles. The molecule has 0 amide bonds. The van der Waals surface area contributed by atoms with Gasteiger partial charge >= 0.3 is 0 Å². The van der Waals surface area contributed by atoms with E-state index >= 15 is 0 Å². The summed E-state index contributed by atoms with van der Waals surface area (Å²) in [5, 5.41) is 0. The summed E-state index contributed by atoms with van der Waals surface area (Å²) in [5.74, 6) is -0.941. The first kappa shape index (κ1) is 14.4. The Balaban J connectivity index is 1.69. The normalized spacial score (nSPS) is 19.3. The lowest BCUT2D eigenvalue weighted by molar-refractivity contribution is -0.0221. The van der Waals surface area contributed by atoms with Crippen LogP contribution in [0.15, 0.2) is 30.6 Å². The summed E-state index contributed by atoms with van der Waals surface area (Å²) in [7, 11) is 0. The SMILES string of the molecule is FC1(F)CCN(c2ncnc3c2Cc2ccccc2OC3)CC1. The Morgan fingerprint density at radius 2 is 1.87 bits per heavy atom. The maximum atomic E-state index is 13.4. The number of hydrogen-bond acceptors (Lipinski definition) is 4. The Bertz CT molecular complexity index is 726. The van der Waals surface area contributed by atoms with E-state index in [1.807, 2.05) is 29.2 Å². The molecule has 1 saturated heterocycles. The number of piperidine rings is 1. The van der Waals surface area contributed by atoms with Gasteiger partial charge in [-0.25, -0.2) is 18.7 Å². The van der Waals surface area contributed by atoms with Gasteiger partial charge in [-0.05, 0) is 11.6 Å². The van der Waals surface area contributed by atoms with E-state index in [1.165, 1.54) is 6.33 Å². The average molecular weight is 317 g/mol. The van der Waals surface area contributed by atoms with Crippen molar-refractivity contribution in [3.8, 4) is 5.75 Å². The first-order valence-corrected chi connectivity index (χ1v) is 7.79. The van der Waals surface area contributed by atoms with Gasteiger partial charge in [0.25, 0.3) is 5.92 Å². The minimum Gasteiger partial charge on any atom is -0.487 e. The second-order valence-electron chi connectivity index (χ2n) is 6.04. The topological polar surface area (TPSA) is 38.2 Å². The van der Waals surface area contributed by atoms with Crippen molar-refractivity contribution in [1.29, 1.82) is 0 Å². The zero-order valence-electron chi connectivity index (χ0n) is 12.6. The molecule has 0 unspecified atom stereocenters. The molecule has 0 atom stereocenters. The van der Waals surface area contributed by atoms with Crippen LogP contribution in [0.5, 0.6) is 5.75 Å². The van der Waals surface area contributed by atoms with Crippen molar-refractivity contribution in [2.45, 2.75) is 31.8 Å². The van der Waals surface area contributed by atoms with Crippen LogP contribution in [0.1, 0.15) is 29.7 Å². The molecule has 0 spiro atoms. The highest BCUT2D eigenvalue weighted by atomic mass is 19.3. The molecule has 0 N–H and O–H groups in total. The number of alkyl halides is 2. The third-order valence-electron chi connectivity index (χ3n) is 4.51. The fourth-order valence-electron chi connectivity index (χ4n) is 3.19. The van der Waals surface area contributed by atoms with Crippen LogP contribution in [0.25, 0.3) is 0 Å². The zero-order chi connectivity index (χ0) is 15.9. The smallest absolute Gasteiger partial charge is 0.251 e. The van der Waals surface area contributed by atoms with Crippen molar-refractivity contribution < 1.29 is 13.5 Å². The van der Waals surface area contributed by atoms with E-state index in [-0.39, 0.29) is 12.8 Å². The monoisotopic (exact) mass is 317 g/mol. The molecular formula is C17H17F2N3O. The highest BCUT2D eigenvalue weighted by molar-refractivity contribution is 5.53. The van der Waals surface area contributed by atoms with E-state index in [0.717, 1.165) is 28.4 Å². The Labute approximate surface area is 133 Å². The fraction of sp³-hybridized carbons (Fsp3) is 0.412. The quantitative estimate of drug-likeness (QED) is 0.809. The summed E-state index contributed by atoms with van der Waals surface area (Å²) in [6.07, 6.45) is 1.91. The number of para-hydroxylation sites is 1. The number of aromatic nitrogens is 2. The number of hydrogen-bond donors (Lipinski definition) is 0. The van der Waals surface area contributed by atoms with E-state index in [9.17, 15) is 8.78 Å². The first-order valence-electron chi connectivity index (χ1n) is 7.79. The van der Waals surface area contributed by atoms with E-state index in [2.05, 4.69) is 9.97 Å². The maximum Gasteiger partial charge on any atom is 0.251 e. The number of rotatable bonds is 1. The van der Waals surface area contributed by atoms with Crippen molar-refractivity contribution in [1.82, 2.24) is 9.97 Å². The van der Waals surface area contributed by atoms with Crippen LogP contribution in [-0.2, 0) is 13.0 Å². The van der Waals surface area contributed by atoms with Crippen LogP contribution < -0.4 is 9.64 Å². The predicted molar refractivity (Wildman–Crippen MR) is 82.0 cm³/mol. The molecule has 0 aliphatic carbocycles. The minimum absolute atomic E-state index is 0.126. The van der Waals surface area contributed by atoms with Crippen LogP contribution in [0.3, 0.4) is 0 Å². The van der Waals surface area contributed by atoms with Crippen LogP contribution >= 0.6 is 0 Å². The van der Waals surface area contributed by atoms with E-state index in [0.29, 0.717) is 26.1 Å². The van der Waals surface area contributed by atoms with Gasteiger partial charge in [0.15, 0.2) is 0 Å². The molecule has 3 heterocycles. The van der Waals surface area contributed by atoms with E-state index in [1.54, 1.807) is 0 Å². The number of halogens is 2. The number of fused-ring (bicyclic) bond motifs is 2. The summed E-state index contributed by atoms with van der Waals surface area (Å²) in [5.41, 5.74) is 2.90. The lowest BCUT2D eigenvalue weighted by Crippen LogP contribution is -2.40. The predicted octanol–water partition coefficient (Wildman–Crippen LogP) is 3.20. The Kier molecular flexibility index (Phi) is 3.39. The van der Waals surface area contributed by atoms with Gasteiger partial charge in [-0.2, -0.15) is 0 Å². The largest absolute Gasteiger partial charge is 0.487 e. The molecule has 6 heteroatoms. The van der Waals surface area contributed by atoms with Crippen LogP contribution in [0.2, 0.25) is 0 Å². The molecule has 1 aromatic carbocycles. The molecule has 2 aliphatic rings. The molecule has 4 rings (SSSR count). The van der Waals surface area contributed by atoms with E-state index < -0.39 is 5.92 Å². The van der Waals surface area contributed by atoms with Crippen molar-refractivity contribution in [3.05, 3.63) is 47.4 Å². The maximum absolute atomic E-state index is 13.4. The summed E-state index contributed by atoms with van der Waals surface area (Å²) in [6, 6.07) is 7.87. The lowest BCUT2D eigenvalue weighted by atomic mass is 10.0. The summed E-state index contributed by atoms with van der Waals surface area (Å²) in [4.78, 5) is 10.7. The minimum atomic E-state index is -2.56. The highest BCUT2D eigenvalue weighted by Gasteiger charge is 2.35. The number of ether oxygens (including phenoxy) is 1. The molecule has 4 nitrogen and oxygen atoms in total. The number of anilines is 1. The zero-order valence-corrected chi connectivity index (χ0v) is 12.6. The average Bonchev–Trinajstić information content (AvgIpc) is 2.74. The summed E-state index contributed by atoms with van der Waals surface area (Å²) < 4.78 is 32.7. The Morgan fingerprint density at radius 3 is 2.70 bits per heavy atom. The number of nitrogens with zero attached hydrogens (tertiary/aromatic N) is 3. The van der Waals surface area contributed by atoms with Crippen molar-refractivity contribution in [2.24, 2.45) is 0 Å². The molecule has 120 valence electrons. The molecule has 0 radical (unpaired) electrons. The van der Waals surface area contributed by atoms with Gasteiger partial charge in [-0.15, -0.1) is 0 Å². The molecule has 23 heavy (non-hydrogen) atoms. The molecule has 0 saturated carbocycles. The summed E-state index contributed by atoms with van der Waals surface area (Å²) in [6.45, 7) is 1.02. The van der Waals surface area contributed by atoms with Gasteiger partial charge in [-0.3, -0.25) is 0 Å². The van der Waals surface area contributed by atoms with Crippen molar-refractivity contribution >= 4 is 5.82 Å². The molecule has 2 aliphatic heterocycles.